The van der Waals surface area contributed by atoms with E-state index in [1.165, 1.54) is 16.7 Å². The van der Waals surface area contributed by atoms with Crippen molar-refractivity contribution in [3.05, 3.63) is 29.8 Å². The fraction of sp³-hybridized carbons (Fsp3) is 0.500. The van der Waals surface area contributed by atoms with Gasteiger partial charge in [0, 0.05) is 18.0 Å². The number of nitrogens with one attached hydrogen (secondary N) is 2. The summed E-state index contributed by atoms with van der Waals surface area (Å²) in [5.41, 5.74) is 1.24. The van der Waals surface area contributed by atoms with Crippen LogP contribution in [0.1, 0.15) is 12.0 Å². The summed E-state index contributed by atoms with van der Waals surface area (Å²) in [6.45, 7) is 2.09. The average Bonchev–Trinajstić information content (AvgIpc) is 2.33. The summed E-state index contributed by atoms with van der Waals surface area (Å²) in [6, 6.07) is 8.42. The molecule has 0 fully saturated rings. The van der Waals surface area contributed by atoms with Crippen molar-refractivity contribution in [2.75, 3.05) is 25.6 Å². The minimum Gasteiger partial charge on any atom is -0.313 e. The molecule has 0 spiro atoms. The van der Waals surface area contributed by atoms with Crippen molar-refractivity contribution in [2.24, 2.45) is 0 Å². The standard InChI is InChI=1S/C12H20N2O2S2/c1-17-12-6-4-11(5-7-12)10-13-8-3-9-14-18(2,15)16/h4-7,13-14H,3,8-10H2,1-2H3. The van der Waals surface area contributed by atoms with E-state index in [0.717, 1.165) is 19.5 Å². The molecule has 0 saturated carbocycles. The normalized spacial score (nSPS) is 11.7. The molecular formula is C12H20N2O2S2. The van der Waals surface area contributed by atoms with Gasteiger partial charge in [-0.1, -0.05) is 12.1 Å². The van der Waals surface area contributed by atoms with Crippen molar-refractivity contribution in [1.29, 1.82) is 0 Å². The van der Waals surface area contributed by atoms with Gasteiger partial charge < -0.3 is 5.32 Å². The maximum absolute atomic E-state index is 10.8. The van der Waals surface area contributed by atoms with Crippen LogP contribution in [0.5, 0.6) is 0 Å². The maximum Gasteiger partial charge on any atom is 0.208 e. The van der Waals surface area contributed by atoms with E-state index in [9.17, 15) is 8.42 Å². The summed E-state index contributed by atoms with van der Waals surface area (Å²) in [5.74, 6) is 0. The molecule has 0 aliphatic rings. The van der Waals surface area contributed by atoms with Gasteiger partial charge in [0.2, 0.25) is 10.0 Å². The zero-order chi connectivity index (χ0) is 13.4. The molecule has 1 aromatic carbocycles. The minimum absolute atomic E-state index is 0.483. The van der Waals surface area contributed by atoms with Gasteiger partial charge in [-0.25, -0.2) is 13.1 Å². The third kappa shape index (κ3) is 7.00. The van der Waals surface area contributed by atoms with Gasteiger partial charge in [-0.15, -0.1) is 11.8 Å². The molecule has 102 valence electrons. The van der Waals surface area contributed by atoms with Gasteiger partial charge in [0.05, 0.1) is 6.26 Å². The molecule has 0 atom stereocenters. The van der Waals surface area contributed by atoms with Crippen molar-refractivity contribution in [3.63, 3.8) is 0 Å². The average molecular weight is 288 g/mol. The second kappa shape index (κ2) is 7.78. The highest BCUT2D eigenvalue weighted by Crippen LogP contribution is 2.14. The molecule has 0 aliphatic heterocycles. The molecular weight excluding hydrogens is 268 g/mol. The molecule has 0 aromatic heterocycles. The van der Waals surface area contributed by atoms with Crippen LogP contribution >= 0.6 is 11.8 Å². The Morgan fingerprint density at radius 3 is 2.39 bits per heavy atom. The second-order valence-corrected chi connectivity index (χ2v) is 6.76. The zero-order valence-corrected chi connectivity index (χ0v) is 12.4. The summed E-state index contributed by atoms with van der Waals surface area (Å²) in [6.07, 6.45) is 4.02. The predicted octanol–water partition coefficient (Wildman–Crippen LogP) is 1.44. The lowest BCUT2D eigenvalue weighted by Crippen LogP contribution is -2.26. The summed E-state index contributed by atoms with van der Waals surface area (Å²) in [7, 11) is -3.05. The molecule has 0 radical (unpaired) electrons. The van der Waals surface area contributed by atoms with Crippen molar-refractivity contribution in [1.82, 2.24) is 10.0 Å². The molecule has 0 bridgehead atoms. The van der Waals surface area contributed by atoms with Crippen LogP contribution < -0.4 is 10.0 Å². The molecule has 6 heteroatoms. The number of hydrogen-bond donors (Lipinski definition) is 2. The molecule has 0 amide bonds. The molecule has 0 unspecified atom stereocenters. The van der Waals surface area contributed by atoms with Crippen LogP contribution in [0.2, 0.25) is 0 Å². The van der Waals surface area contributed by atoms with E-state index in [4.69, 9.17) is 0 Å². The molecule has 2 N–H and O–H groups in total. The van der Waals surface area contributed by atoms with Crippen LogP contribution in [0.3, 0.4) is 0 Å². The Labute approximate surface area is 114 Å². The lowest BCUT2D eigenvalue weighted by Gasteiger charge is -2.06. The van der Waals surface area contributed by atoms with Gasteiger partial charge in [-0.2, -0.15) is 0 Å². The van der Waals surface area contributed by atoms with Crippen LogP contribution in [0.25, 0.3) is 0 Å². The highest BCUT2D eigenvalue weighted by atomic mass is 32.2. The first-order valence-electron chi connectivity index (χ1n) is 5.79. The number of rotatable bonds is 8. The molecule has 1 rings (SSSR count). The van der Waals surface area contributed by atoms with E-state index in [1.54, 1.807) is 11.8 Å². The van der Waals surface area contributed by atoms with Crippen LogP contribution in [-0.4, -0.2) is 34.0 Å². The van der Waals surface area contributed by atoms with Crippen molar-refractivity contribution < 1.29 is 8.42 Å². The minimum atomic E-state index is -3.05. The van der Waals surface area contributed by atoms with E-state index in [2.05, 4.69) is 40.6 Å². The highest BCUT2D eigenvalue weighted by molar-refractivity contribution is 7.98. The Morgan fingerprint density at radius 2 is 1.83 bits per heavy atom. The van der Waals surface area contributed by atoms with E-state index in [-0.39, 0.29) is 0 Å². The summed E-state index contributed by atoms with van der Waals surface area (Å²) in [5, 5.41) is 3.28. The summed E-state index contributed by atoms with van der Waals surface area (Å²) >= 11 is 1.73. The largest absolute Gasteiger partial charge is 0.313 e. The quantitative estimate of drug-likeness (QED) is 0.561. The molecule has 4 nitrogen and oxygen atoms in total. The van der Waals surface area contributed by atoms with E-state index < -0.39 is 10.0 Å². The molecule has 0 saturated heterocycles. The fourth-order valence-electron chi connectivity index (χ4n) is 1.45. The van der Waals surface area contributed by atoms with Gasteiger partial charge in [0.1, 0.15) is 0 Å². The van der Waals surface area contributed by atoms with E-state index >= 15 is 0 Å². The maximum atomic E-state index is 10.8. The van der Waals surface area contributed by atoms with Crippen LogP contribution in [0.4, 0.5) is 0 Å². The van der Waals surface area contributed by atoms with Gasteiger partial charge in [0.25, 0.3) is 0 Å². The first kappa shape index (κ1) is 15.5. The van der Waals surface area contributed by atoms with Crippen LogP contribution in [0.15, 0.2) is 29.2 Å². The monoisotopic (exact) mass is 288 g/mol. The van der Waals surface area contributed by atoms with Gasteiger partial charge in [0.15, 0.2) is 0 Å². The molecule has 1 aromatic rings. The Bertz CT molecular complexity index is 444. The van der Waals surface area contributed by atoms with Crippen molar-refractivity contribution in [3.8, 4) is 0 Å². The Kier molecular flexibility index (Phi) is 6.70. The SMILES string of the molecule is CSc1ccc(CNCCCNS(C)(=O)=O)cc1. The number of hydrogen-bond acceptors (Lipinski definition) is 4. The Morgan fingerprint density at radius 1 is 1.17 bits per heavy atom. The van der Waals surface area contributed by atoms with Crippen molar-refractivity contribution in [2.45, 2.75) is 17.9 Å². The molecule has 18 heavy (non-hydrogen) atoms. The topological polar surface area (TPSA) is 58.2 Å². The predicted molar refractivity (Wildman–Crippen MR) is 77.4 cm³/mol. The third-order valence-corrected chi connectivity index (χ3v) is 3.85. The second-order valence-electron chi connectivity index (χ2n) is 4.04. The Hall–Kier alpha value is -0.560. The lowest BCUT2D eigenvalue weighted by molar-refractivity contribution is 0.579. The van der Waals surface area contributed by atoms with Gasteiger partial charge >= 0.3 is 0 Å². The number of thioether (sulfide) groups is 1. The first-order valence-corrected chi connectivity index (χ1v) is 8.91. The van der Waals surface area contributed by atoms with E-state index in [1.807, 2.05) is 0 Å². The number of benzene rings is 1. The number of sulfonamides is 1. The Balaban J connectivity index is 2.14. The van der Waals surface area contributed by atoms with Crippen molar-refractivity contribution >= 4 is 21.8 Å². The molecule has 0 heterocycles. The van der Waals surface area contributed by atoms with Crippen LogP contribution in [0, 0.1) is 0 Å². The highest BCUT2D eigenvalue weighted by Gasteiger charge is 1.98. The smallest absolute Gasteiger partial charge is 0.208 e. The lowest BCUT2D eigenvalue weighted by atomic mass is 10.2. The molecule has 0 aliphatic carbocycles. The van der Waals surface area contributed by atoms with E-state index in [0.29, 0.717) is 6.54 Å². The summed E-state index contributed by atoms with van der Waals surface area (Å²) in [4.78, 5) is 1.26. The fourth-order valence-corrected chi connectivity index (χ4v) is 2.37. The van der Waals surface area contributed by atoms with Gasteiger partial charge in [-0.3, -0.25) is 0 Å². The van der Waals surface area contributed by atoms with Gasteiger partial charge in [-0.05, 0) is 36.9 Å². The first-order chi connectivity index (χ1) is 8.51. The third-order valence-electron chi connectivity index (χ3n) is 2.38. The zero-order valence-electron chi connectivity index (χ0n) is 10.8. The van der Waals surface area contributed by atoms with Crippen LogP contribution in [-0.2, 0) is 16.6 Å². The summed E-state index contributed by atoms with van der Waals surface area (Å²) < 4.78 is 24.1.